The summed E-state index contributed by atoms with van der Waals surface area (Å²) >= 11 is 11.9. The number of nitrogens with zero attached hydrogens (tertiary/aromatic N) is 4. The molecule has 0 spiro atoms. The van der Waals surface area contributed by atoms with Crippen LogP contribution >= 0.6 is 23.8 Å². The molecule has 0 unspecified atom stereocenters. The van der Waals surface area contributed by atoms with E-state index >= 15 is 0 Å². The highest BCUT2D eigenvalue weighted by atomic mass is 35.5. The Kier molecular flexibility index (Phi) is 8.60. The maximum absolute atomic E-state index is 12.8. The van der Waals surface area contributed by atoms with Gasteiger partial charge >= 0.3 is 0 Å². The van der Waals surface area contributed by atoms with Gasteiger partial charge in [-0.15, -0.1) is 0 Å². The highest BCUT2D eigenvalue weighted by Crippen LogP contribution is 2.32. The zero-order chi connectivity index (χ0) is 28.3. The predicted octanol–water partition coefficient (Wildman–Crippen LogP) is 4.67. The van der Waals surface area contributed by atoms with Crippen molar-refractivity contribution in [3.05, 3.63) is 57.1 Å². The molecule has 208 valence electrons. The number of hydrogen-bond donors (Lipinski definition) is 2. The Morgan fingerprint density at radius 2 is 1.56 bits per heavy atom. The van der Waals surface area contributed by atoms with Gasteiger partial charge < -0.3 is 20.0 Å². The molecule has 12 heteroatoms. The summed E-state index contributed by atoms with van der Waals surface area (Å²) in [6.45, 7) is 9.88. The average molecular weight is 573 g/mol. The summed E-state index contributed by atoms with van der Waals surface area (Å²) in [5, 5.41) is 17.7. The minimum Gasteiger partial charge on any atom is -0.367 e. The Morgan fingerprint density at radius 3 is 2.15 bits per heavy atom. The molecule has 0 bridgehead atoms. The summed E-state index contributed by atoms with van der Waals surface area (Å²) in [6, 6.07) is 9.87. The molecule has 2 fully saturated rings. The van der Waals surface area contributed by atoms with E-state index in [0.29, 0.717) is 42.6 Å². The number of carbonyl (C=O) groups is 2. The van der Waals surface area contributed by atoms with Crippen LogP contribution in [0.5, 0.6) is 0 Å². The largest absolute Gasteiger partial charge is 0.367 e. The Morgan fingerprint density at radius 1 is 0.949 bits per heavy atom. The molecule has 0 radical (unpaired) electrons. The number of nitro benzene ring substituents is 1. The van der Waals surface area contributed by atoms with E-state index in [9.17, 15) is 19.7 Å². The lowest BCUT2D eigenvalue weighted by molar-refractivity contribution is -0.384. The fraction of sp³-hybridized carbons (Fsp3) is 0.444. The van der Waals surface area contributed by atoms with Gasteiger partial charge in [0.15, 0.2) is 5.11 Å². The number of nitrogens with one attached hydrogen (secondary N) is 2. The normalized spacial score (nSPS) is 15.7. The first-order valence-corrected chi connectivity index (χ1v) is 13.7. The van der Waals surface area contributed by atoms with E-state index in [1.807, 2.05) is 42.7 Å². The molecule has 2 aliphatic heterocycles. The SMILES string of the molecule is CC(C)(C)C(=O)N1CCN(c2ccc(NC(=S)NC(=O)c3ccc(N4CCCC4)c([N+](=O)[O-])c3)cc2Cl)CC1. The number of nitro groups is 1. The molecule has 0 aromatic heterocycles. The van der Waals surface area contributed by atoms with Gasteiger partial charge in [-0.05, 0) is 55.4 Å². The average Bonchev–Trinajstić information content (AvgIpc) is 3.42. The topological polar surface area (TPSA) is 111 Å². The van der Waals surface area contributed by atoms with E-state index in [4.69, 9.17) is 23.8 Å². The second kappa shape index (κ2) is 11.7. The number of benzene rings is 2. The third-order valence-electron chi connectivity index (χ3n) is 6.86. The number of hydrogen-bond acceptors (Lipinski definition) is 7. The van der Waals surface area contributed by atoms with Crippen LogP contribution in [0.15, 0.2) is 36.4 Å². The molecule has 0 atom stereocenters. The third-order valence-corrected chi connectivity index (χ3v) is 7.37. The Balaban J connectivity index is 1.36. The number of thiocarbonyl (C=S) groups is 1. The van der Waals surface area contributed by atoms with E-state index in [1.54, 1.807) is 18.2 Å². The smallest absolute Gasteiger partial charge is 0.293 e. The number of amides is 2. The Bertz CT molecular complexity index is 1280. The van der Waals surface area contributed by atoms with Crippen LogP contribution in [0.2, 0.25) is 5.02 Å². The van der Waals surface area contributed by atoms with Crippen molar-refractivity contribution in [3.8, 4) is 0 Å². The third kappa shape index (κ3) is 6.77. The van der Waals surface area contributed by atoms with E-state index in [0.717, 1.165) is 31.6 Å². The molecule has 2 saturated heterocycles. The second-order valence-electron chi connectivity index (χ2n) is 10.8. The van der Waals surface area contributed by atoms with Crippen LogP contribution in [0.4, 0.5) is 22.7 Å². The molecule has 2 aromatic rings. The van der Waals surface area contributed by atoms with Crippen LogP contribution in [-0.4, -0.2) is 66.0 Å². The molecule has 2 N–H and O–H groups in total. The van der Waals surface area contributed by atoms with Crippen molar-refractivity contribution >= 4 is 63.5 Å². The fourth-order valence-electron chi connectivity index (χ4n) is 4.84. The predicted molar refractivity (Wildman–Crippen MR) is 158 cm³/mol. The molecule has 0 saturated carbocycles. The van der Waals surface area contributed by atoms with Crippen molar-refractivity contribution in [2.45, 2.75) is 33.6 Å². The van der Waals surface area contributed by atoms with Gasteiger partial charge in [0.1, 0.15) is 5.69 Å². The minimum absolute atomic E-state index is 0.0457. The van der Waals surface area contributed by atoms with Gasteiger partial charge in [0, 0.05) is 62.0 Å². The van der Waals surface area contributed by atoms with Crippen LogP contribution in [0.25, 0.3) is 0 Å². The highest BCUT2D eigenvalue weighted by molar-refractivity contribution is 7.80. The van der Waals surface area contributed by atoms with Gasteiger partial charge in [0.05, 0.1) is 15.6 Å². The molecular weight excluding hydrogens is 540 g/mol. The number of carbonyl (C=O) groups excluding carboxylic acids is 2. The number of piperazine rings is 1. The van der Waals surface area contributed by atoms with Crippen molar-refractivity contribution in [2.75, 3.05) is 54.4 Å². The van der Waals surface area contributed by atoms with Gasteiger partial charge in [-0.1, -0.05) is 32.4 Å². The van der Waals surface area contributed by atoms with Gasteiger partial charge in [-0.3, -0.25) is 25.0 Å². The lowest BCUT2D eigenvalue weighted by atomic mass is 9.94. The zero-order valence-electron chi connectivity index (χ0n) is 22.3. The molecule has 0 aliphatic carbocycles. The van der Waals surface area contributed by atoms with Gasteiger partial charge in [0.2, 0.25) is 5.91 Å². The Hall–Kier alpha value is -3.44. The summed E-state index contributed by atoms with van der Waals surface area (Å²) in [6.07, 6.45) is 1.97. The van der Waals surface area contributed by atoms with Crippen molar-refractivity contribution in [1.29, 1.82) is 0 Å². The monoisotopic (exact) mass is 572 g/mol. The summed E-state index contributed by atoms with van der Waals surface area (Å²) in [5.74, 6) is -0.408. The summed E-state index contributed by atoms with van der Waals surface area (Å²) in [5.41, 5.74) is 1.59. The lowest BCUT2D eigenvalue weighted by Crippen LogP contribution is -2.51. The van der Waals surface area contributed by atoms with Crippen LogP contribution in [0, 0.1) is 15.5 Å². The zero-order valence-corrected chi connectivity index (χ0v) is 23.9. The van der Waals surface area contributed by atoms with Crippen molar-refractivity contribution < 1.29 is 14.5 Å². The summed E-state index contributed by atoms with van der Waals surface area (Å²) < 4.78 is 0. The first-order valence-electron chi connectivity index (χ1n) is 12.9. The summed E-state index contributed by atoms with van der Waals surface area (Å²) in [7, 11) is 0. The molecule has 2 amide bonds. The van der Waals surface area contributed by atoms with Crippen LogP contribution in [-0.2, 0) is 4.79 Å². The lowest BCUT2D eigenvalue weighted by Gasteiger charge is -2.39. The van der Waals surface area contributed by atoms with E-state index < -0.39 is 16.2 Å². The first kappa shape index (κ1) is 28.6. The van der Waals surface area contributed by atoms with Crippen molar-refractivity contribution in [1.82, 2.24) is 10.2 Å². The molecule has 10 nitrogen and oxygen atoms in total. The van der Waals surface area contributed by atoms with Gasteiger partial charge in [-0.25, -0.2) is 0 Å². The quantitative estimate of drug-likeness (QED) is 0.302. The molecule has 2 aliphatic rings. The van der Waals surface area contributed by atoms with Gasteiger partial charge in [0.25, 0.3) is 11.6 Å². The maximum atomic E-state index is 12.8. The van der Waals surface area contributed by atoms with Crippen LogP contribution in [0.1, 0.15) is 44.0 Å². The molecule has 2 aromatic carbocycles. The van der Waals surface area contributed by atoms with E-state index in [2.05, 4.69) is 15.5 Å². The first-order chi connectivity index (χ1) is 18.4. The standard InChI is InChI=1S/C27H33ClN6O4S/c1-27(2,3)25(36)33-14-12-32(13-15-33)21-9-7-19(17-20(21)28)29-26(39)30-24(35)18-6-8-22(23(16-18)34(37)38)31-10-4-5-11-31/h6-9,16-17H,4-5,10-15H2,1-3H3,(H2,29,30,35,39). The minimum atomic E-state index is -0.547. The fourth-order valence-corrected chi connectivity index (χ4v) is 5.35. The second-order valence-corrected chi connectivity index (χ2v) is 11.6. The van der Waals surface area contributed by atoms with E-state index in [-0.39, 0.29) is 22.3 Å². The highest BCUT2D eigenvalue weighted by Gasteiger charge is 2.30. The van der Waals surface area contributed by atoms with Crippen molar-refractivity contribution in [2.24, 2.45) is 5.41 Å². The number of halogens is 1. The molecular formula is C27H33ClN6O4S. The molecule has 4 rings (SSSR count). The molecule has 39 heavy (non-hydrogen) atoms. The number of rotatable bonds is 5. The van der Waals surface area contributed by atoms with Gasteiger partial charge in [-0.2, -0.15) is 0 Å². The van der Waals surface area contributed by atoms with E-state index in [1.165, 1.54) is 6.07 Å². The van der Waals surface area contributed by atoms with Crippen LogP contribution in [0.3, 0.4) is 0 Å². The summed E-state index contributed by atoms with van der Waals surface area (Å²) in [4.78, 5) is 42.5. The van der Waals surface area contributed by atoms with Crippen LogP contribution < -0.4 is 20.4 Å². The number of anilines is 3. The van der Waals surface area contributed by atoms with Crippen molar-refractivity contribution in [3.63, 3.8) is 0 Å². The maximum Gasteiger partial charge on any atom is 0.293 e. The Labute approximate surface area is 238 Å². The molecule has 2 heterocycles.